The van der Waals surface area contributed by atoms with Gasteiger partial charge in [0, 0.05) is 23.3 Å². The molecule has 0 aliphatic carbocycles. The largest absolute Gasteiger partial charge is 0.361 e. The molecule has 0 fully saturated rings. The molecule has 3 aromatic rings. The van der Waals surface area contributed by atoms with Gasteiger partial charge in [-0.1, -0.05) is 0 Å². The van der Waals surface area contributed by atoms with Crippen LogP contribution in [-0.2, 0) is 13.0 Å². The number of anilines is 1. The fourth-order valence-electron chi connectivity index (χ4n) is 2.30. The number of rotatable bonds is 5. The van der Waals surface area contributed by atoms with Gasteiger partial charge in [0.15, 0.2) is 0 Å². The molecular formula is C15H17ClN6S. The van der Waals surface area contributed by atoms with Crippen LogP contribution in [0.4, 0.5) is 5.82 Å². The molecule has 0 aliphatic rings. The van der Waals surface area contributed by atoms with Crippen molar-refractivity contribution in [3.63, 3.8) is 0 Å². The first-order valence-corrected chi connectivity index (χ1v) is 8.45. The number of aromatic nitrogens is 4. The number of thiophene rings is 1. The van der Waals surface area contributed by atoms with E-state index in [2.05, 4.69) is 25.3 Å². The fourth-order valence-corrected chi connectivity index (χ4v) is 3.82. The van der Waals surface area contributed by atoms with Gasteiger partial charge in [0.1, 0.15) is 11.6 Å². The van der Waals surface area contributed by atoms with Gasteiger partial charge >= 0.3 is 0 Å². The molecule has 23 heavy (non-hydrogen) atoms. The van der Waals surface area contributed by atoms with E-state index < -0.39 is 0 Å². The summed E-state index contributed by atoms with van der Waals surface area (Å²) in [6.07, 6.45) is 4.23. The van der Waals surface area contributed by atoms with Crippen LogP contribution in [0.2, 0.25) is 5.28 Å². The minimum absolute atomic E-state index is 0.0966. The fraction of sp³-hybridized carbons (Fsp3) is 0.333. The van der Waals surface area contributed by atoms with Crippen LogP contribution in [0.1, 0.15) is 23.2 Å². The standard InChI is InChI=1S/C15H17ClN6S/c1-8(17)6-10-9(2)12-13(23-10)14(22-15(16)21-12)20-7-11-18-4-3-5-19-11/h3-5,8H,6-7,17H2,1-2H3,(H,20,21,22)/t8-/m0/s1. The molecule has 3 rings (SSSR count). The second-order valence-electron chi connectivity index (χ2n) is 5.37. The Morgan fingerprint density at radius 3 is 2.74 bits per heavy atom. The minimum Gasteiger partial charge on any atom is -0.361 e. The molecule has 0 saturated carbocycles. The minimum atomic E-state index is 0.0966. The van der Waals surface area contributed by atoms with Gasteiger partial charge in [0.05, 0.1) is 16.8 Å². The predicted octanol–water partition coefficient (Wildman–Crippen LogP) is 2.94. The van der Waals surface area contributed by atoms with Crippen molar-refractivity contribution in [2.75, 3.05) is 5.32 Å². The summed E-state index contributed by atoms with van der Waals surface area (Å²) in [6.45, 7) is 4.52. The second kappa shape index (κ2) is 6.74. The molecule has 0 unspecified atom stereocenters. The SMILES string of the molecule is Cc1c(C[C@H](C)N)sc2c(NCc3ncccn3)nc(Cl)nc12. The third kappa shape index (κ3) is 3.57. The third-order valence-corrected chi connectivity index (χ3v) is 4.86. The highest BCUT2D eigenvalue weighted by Crippen LogP contribution is 2.35. The van der Waals surface area contributed by atoms with E-state index in [0.29, 0.717) is 18.2 Å². The van der Waals surface area contributed by atoms with Crippen LogP contribution in [-0.4, -0.2) is 26.0 Å². The van der Waals surface area contributed by atoms with Gasteiger partial charge < -0.3 is 11.1 Å². The third-order valence-electron chi connectivity index (χ3n) is 3.38. The molecule has 8 heteroatoms. The Kier molecular flexibility index (Phi) is 4.70. The zero-order valence-electron chi connectivity index (χ0n) is 12.9. The smallest absolute Gasteiger partial charge is 0.224 e. The molecule has 0 radical (unpaired) electrons. The van der Waals surface area contributed by atoms with Gasteiger partial charge in [-0.05, 0) is 43.5 Å². The maximum Gasteiger partial charge on any atom is 0.224 e. The van der Waals surface area contributed by atoms with Gasteiger partial charge in [-0.15, -0.1) is 11.3 Å². The highest BCUT2D eigenvalue weighted by molar-refractivity contribution is 7.19. The first-order valence-electron chi connectivity index (χ1n) is 7.25. The summed E-state index contributed by atoms with van der Waals surface area (Å²) in [4.78, 5) is 18.3. The first kappa shape index (κ1) is 16.0. The normalized spacial score (nSPS) is 12.5. The van der Waals surface area contributed by atoms with Gasteiger partial charge in [0.25, 0.3) is 0 Å². The van der Waals surface area contributed by atoms with Gasteiger partial charge in [-0.2, -0.15) is 4.98 Å². The Morgan fingerprint density at radius 1 is 1.30 bits per heavy atom. The lowest BCUT2D eigenvalue weighted by molar-refractivity contribution is 0.744. The number of aryl methyl sites for hydroxylation is 1. The molecule has 0 spiro atoms. The number of nitrogens with two attached hydrogens (primary N) is 1. The Bertz CT molecular complexity index is 818. The Morgan fingerprint density at radius 2 is 2.04 bits per heavy atom. The molecule has 0 saturated heterocycles. The van der Waals surface area contributed by atoms with Crippen LogP contribution in [0.5, 0.6) is 0 Å². The maximum atomic E-state index is 6.08. The van der Waals surface area contributed by atoms with E-state index in [1.807, 2.05) is 13.8 Å². The number of nitrogens with one attached hydrogen (secondary N) is 1. The van der Waals surface area contributed by atoms with Crippen LogP contribution in [0, 0.1) is 6.92 Å². The van der Waals surface area contributed by atoms with Crippen molar-refractivity contribution in [1.29, 1.82) is 0 Å². The monoisotopic (exact) mass is 348 g/mol. The first-order chi connectivity index (χ1) is 11.0. The topological polar surface area (TPSA) is 89.6 Å². The summed E-state index contributed by atoms with van der Waals surface area (Å²) >= 11 is 7.73. The summed E-state index contributed by atoms with van der Waals surface area (Å²) in [5, 5.41) is 3.48. The summed E-state index contributed by atoms with van der Waals surface area (Å²) in [5.41, 5.74) is 7.92. The summed E-state index contributed by atoms with van der Waals surface area (Å²) in [7, 11) is 0. The van der Waals surface area contributed by atoms with E-state index in [1.54, 1.807) is 29.8 Å². The lowest BCUT2D eigenvalue weighted by atomic mass is 10.1. The van der Waals surface area contributed by atoms with Crippen molar-refractivity contribution < 1.29 is 0 Å². The van der Waals surface area contributed by atoms with Crippen LogP contribution < -0.4 is 11.1 Å². The molecular weight excluding hydrogens is 332 g/mol. The lowest BCUT2D eigenvalue weighted by Crippen LogP contribution is -2.17. The van der Waals surface area contributed by atoms with Crippen molar-refractivity contribution in [1.82, 2.24) is 19.9 Å². The zero-order chi connectivity index (χ0) is 16.4. The summed E-state index contributed by atoms with van der Waals surface area (Å²) < 4.78 is 0.985. The van der Waals surface area contributed by atoms with Crippen molar-refractivity contribution in [3.8, 4) is 0 Å². The van der Waals surface area contributed by atoms with E-state index >= 15 is 0 Å². The van der Waals surface area contributed by atoms with Crippen LogP contribution in [0.3, 0.4) is 0 Å². The number of hydrogen-bond donors (Lipinski definition) is 2. The summed E-state index contributed by atoms with van der Waals surface area (Å²) in [5.74, 6) is 1.40. The summed E-state index contributed by atoms with van der Waals surface area (Å²) in [6, 6.07) is 1.88. The van der Waals surface area contributed by atoms with E-state index in [-0.39, 0.29) is 11.3 Å². The highest BCUT2D eigenvalue weighted by atomic mass is 35.5. The molecule has 3 heterocycles. The van der Waals surface area contributed by atoms with E-state index in [9.17, 15) is 0 Å². The molecule has 0 aliphatic heterocycles. The van der Waals surface area contributed by atoms with Crippen molar-refractivity contribution >= 4 is 39.0 Å². The number of hydrogen-bond acceptors (Lipinski definition) is 7. The second-order valence-corrected chi connectivity index (χ2v) is 6.81. The maximum absolute atomic E-state index is 6.08. The van der Waals surface area contributed by atoms with Crippen LogP contribution in [0.25, 0.3) is 10.2 Å². The highest BCUT2D eigenvalue weighted by Gasteiger charge is 2.16. The Balaban J connectivity index is 1.96. The lowest BCUT2D eigenvalue weighted by Gasteiger charge is -2.05. The molecule has 1 atom stereocenters. The van der Waals surface area contributed by atoms with Gasteiger partial charge in [-0.25, -0.2) is 15.0 Å². The molecule has 120 valence electrons. The van der Waals surface area contributed by atoms with Crippen molar-refractivity contribution in [2.45, 2.75) is 32.9 Å². The van der Waals surface area contributed by atoms with Gasteiger partial charge in [0.2, 0.25) is 5.28 Å². The van der Waals surface area contributed by atoms with Crippen LogP contribution >= 0.6 is 22.9 Å². The molecule has 3 aromatic heterocycles. The van der Waals surface area contributed by atoms with Crippen molar-refractivity contribution in [3.05, 3.63) is 40.0 Å². The Hall–Kier alpha value is -1.83. The molecule has 6 nitrogen and oxygen atoms in total. The molecule has 3 N–H and O–H groups in total. The quantitative estimate of drug-likeness (QED) is 0.689. The average molecular weight is 349 g/mol. The van der Waals surface area contributed by atoms with Crippen molar-refractivity contribution in [2.24, 2.45) is 5.73 Å². The predicted molar refractivity (Wildman–Crippen MR) is 93.9 cm³/mol. The number of fused-ring (bicyclic) bond motifs is 1. The zero-order valence-corrected chi connectivity index (χ0v) is 14.4. The number of halogens is 1. The molecule has 0 aromatic carbocycles. The van der Waals surface area contributed by atoms with E-state index in [1.165, 1.54) is 4.88 Å². The van der Waals surface area contributed by atoms with E-state index in [0.717, 1.165) is 22.2 Å². The molecule has 0 bridgehead atoms. The number of nitrogens with zero attached hydrogens (tertiary/aromatic N) is 4. The van der Waals surface area contributed by atoms with Gasteiger partial charge in [-0.3, -0.25) is 0 Å². The Labute approximate surface area is 143 Å². The van der Waals surface area contributed by atoms with E-state index in [4.69, 9.17) is 17.3 Å². The van der Waals surface area contributed by atoms with Crippen LogP contribution in [0.15, 0.2) is 18.5 Å². The molecule has 0 amide bonds. The average Bonchev–Trinajstić information content (AvgIpc) is 2.82.